The zero-order valence-electron chi connectivity index (χ0n) is 5.60. The summed E-state index contributed by atoms with van der Waals surface area (Å²) in [4.78, 5) is 0. The smallest absolute Gasteiger partial charge is 0.0836 e. The van der Waals surface area contributed by atoms with Gasteiger partial charge in [-0.15, -0.1) is 0 Å². The molecule has 2 heteroatoms. The highest BCUT2D eigenvalue weighted by Gasteiger charge is 1.83. The number of hydrogen-bond donors (Lipinski definition) is 0. The third-order valence-corrected chi connectivity index (χ3v) is 0.691. The Morgan fingerprint density at radius 3 is 2.50 bits per heavy atom. The molecule has 0 aromatic heterocycles. The Hall–Kier alpha value is -0.500. The molecule has 8 heavy (non-hydrogen) atoms. The van der Waals surface area contributed by atoms with E-state index in [0.29, 0.717) is 6.61 Å². The van der Waals surface area contributed by atoms with E-state index in [0.717, 1.165) is 5.57 Å². The summed E-state index contributed by atoms with van der Waals surface area (Å²) in [5, 5.41) is 0. The van der Waals surface area contributed by atoms with Crippen molar-refractivity contribution in [3.05, 3.63) is 11.8 Å². The highest BCUT2D eigenvalue weighted by molar-refractivity contribution is 4.92. The number of ether oxygens (including phenoxy) is 2. The Balaban J connectivity index is 3.29. The molecular formula is C6H12O2. The normalized spacial score (nSPS) is 11.6. The van der Waals surface area contributed by atoms with Gasteiger partial charge in [-0.3, -0.25) is 0 Å². The summed E-state index contributed by atoms with van der Waals surface area (Å²) < 4.78 is 9.52. The molecule has 0 heterocycles. The van der Waals surface area contributed by atoms with Gasteiger partial charge in [-0.05, 0) is 12.5 Å². The molecule has 0 aliphatic rings. The summed E-state index contributed by atoms with van der Waals surface area (Å²) in [6.45, 7) is 2.60. The largest absolute Gasteiger partial charge is 0.504 e. The Labute approximate surface area is 50.1 Å². The molecule has 0 spiro atoms. The summed E-state index contributed by atoms with van der Waals surface area (Å²) in [6.07, 6.45) is 1.67. The lowest BCUT2D eigenvalue weighted by Crippen LogP contribution is -1.89. The molecular weight excluding hydrogens is 104 g/mol. The molecule has 0 N–H and O–H groups in total. The predicted molar refractivity (Wildman–Crippen MR) is 32.6 cm³/mol. The standard InChI is InChI=1S/C6H12O2/c1-6(4-7-2)5-8-3/h4H,5H2,1-3H3/b6-4-. The van der Waals surface area contributed by atoms with Crippen molar-refractivity contribution in [1.29, 1.82) is 0 Å². The van der Waals surface area contributed by atoms with E-state index >= 15 is 0 Å². The summed E-state index contributed by atoms with van der Waals surface area (Å²) in [7, 11) is 3.28. The summed E-state index contributed by atoms with van der Waals surface area (Å²) >= 11 is 0. The molecule has 0 saturated heterocycles. The van der Waals surface area contributed by atoms with Crippen LogP contribution in [0.25, 0.3) is 0 Å². The van der Waals surface area contributed by atoms with Gasteiger partial charge < -0.3 is 9.47 Å². The van der Waals surface area contributed by atoms with Gasteiger partial charge in [0.2, 0.25) is 0 Å². The number of hydrogen-bond acceptors (Lipinski definition) is 2. The first-order valence-electron chi connectivity index (χ1n) is 2.48. The predicted octanol–water partition coefficient (Wildman–Crippen LogP) is 1.18. The fraction of sp³-hybridized carbons (Fsp3) is 0.667. The van der Waals surface area contributed by atoms with Crippen molar-refractivity contribution < 1.29 is 9.47 Å². The molecule has 2 nitrogen and oxygen atoms in total. The third kappa shape index (κ3) is 3.68. The van der Waals surface area contributed by atoms with E-state index in [2.05, 4.69) is 0 Å². The van der Waals surface area contributed by atoms with Crippen molar-refractivity contribution in [1.82, 2.24) is 0 Å². The van der Waals surface area contributed by atoms with E-state index in [1.54, 1.807) is 20.5 Å². The lowest BCUT2D eigenvalue weighted by Gasteiger charge is -1.95. The summed E-state index contributed by atoms with van der Waals surface area (Å²) in [5.74, 6) is 0. The third-order valence-electron chi connectivity index (χ3n) is 0.691. The van der Waals surface area contributed by atoms with Crippen LogP contribution in [0.5, 0.6) is 0 Å². The SMILES string of the molecule is CO/C=C(/C)COC. The van der Waals surface area contributed by atoms with Gasteiger partial charge in [0.25, 0.3) is 0 Å². The second-order valence-electron chi connectivity index (χ2n) is 1.63. The van der Waals surface area contributed by atoms with Crippen LogP contribution in [-0.2, 0) is 9.47 Å². The lowest BCUT2D eigenvalue weighted by atomic mass is 10.4. The monoisotopic (exact) mass is 116 g/mol. The van der Waals surface area contributed by atoms with E-state index < -0.39 is 0 Å². The quantitative estimate of drug-likeness (QED) is 0.515. The van der Waals surface area contributed by atoms with Crippen LogP contribution < -0.4 is 0 Å². The van der Waals surface area contributed by atoms with Crippen LogP contribution in [0.4, 0.5) is 0 Å². The first-order valence-corrected chi connectivity index (χ1v) is 2.48. The molecule has 0 amide bonds. The molecule has 0 radical (unpaired) electrons. The van der Waals surface area contributed by atoms with Gasteiger partial charge in [0.15, 0.2) is 0 Å². The minimum absolute atomic E-state index is 0.647. The molecule has 0 aliphatic heterocycles. The van der Waals surface area contributed by atoms with Crippen LogP contribution in [0.15, 0.2) is 11.8 Å². The van der Waals surface area contributed by atoms with Gasteiger partial charge in [-0.2, -0.15) is 0 Å². The average molecular weight is 116 g/mol. The van der Waals surface area contributed by atoms with Gasteiger partial charge in [0.1, 0.15) is 0 Å². The molecule has 0 aromatic carbocycles. The lowest BCUT2D eigenvalue weighted by molar-refractivity contribution is 0.220. The van der Waals surface area contributed by atoms with E-state index in [4.69, 9.17) is 9.47 Å². The maximum atomic E-state index is 4.81. The van der Waals surface area contributed by atoms with Gasteiger partial charge in [0.05, 0.1) is 20.0 Å². The van der Waals surface area contributed by atoms with Crippen molar-refractivity contribution in [3.8, 4) is 0 Å². The molecule has 48 valence electrons. The first kappa shape index (κ1) is 7.50. The van der Waals surface area contributed by atoms with E-state index in [1.807, 2.05) is 6.92 Å². The highest BCUT2D eigenvalue weighted by atomic mass is 16.5. The molecule has 0 saturated carbocycles. The Morgan fingerprint density at radius 1 is 1.50 bits per heavy atom. The second-order valence-corrected chi connectivity index (χ2v) is 1.63. The fourth-order valence-electron chi connectivity index (χ4n) is 0.463. The molecule has 0 rings (SSSR count). The average Bonchev–Trinajstić information content (AvgIpc) is 1.68. The molecule has 0 aromatic rings. The Morgan fingerprint density at radius 2 is 2.12 bits per heavy atom. The minimum Gasteiger partial charge on any atom is -0.504 e. The van der Waals surface area contributed by atoms with Crippen LogP contribution in [0, 0.1) is 0 Å². The van der Waals surface area contributed by atoms with Crippen LogP contribution >= 0.6 is 0 Å². The van der Waals surface area contributed by atoms with Crippen molar-refractivity contribution in [2.45, 2.75) is 6.92 Å². The highest BCUT2D eigenvalue weighted by Crippen LogP contribution is 1.90. The van der Waals surface area contributed by atoms with Crippen molar-refractivity contribution in [3.63, 3.8) is 0 Å². The molecule has 0 fully saturated rings. The summed E-state index contributed by atoms with van der Waals surface area (Å²) in [5.41, 5.74) is 1.09. The molecule has 0 bridgehead atoms. The molecule has 0 atom stereocenters. The van der Waals surface area contributed by atoms with Crippen LogP contribution in [0.2, 0.25) is 0 Å². The van der Waals surface area contributed by atoms with Crippen LogP contribution in [0.1, 0.15) is 6.92 Å². The number of methoxy groups -OCH3 is 2. The fourth-order valence-corrected chi connectivity index (χ4v) is 0.463. The van der Waals surface area contributed by atoms with Gasteiger partial charge >= 0.3 is 0 Å². The molecule has 0 aliphatic carbocycles. The maximum Gasteiger partial charge on any atom is 0.0836 e. The van der Waals surface area contributed by atoms with E-state index in [1.165, 1.54) is 0 Å². The Bertz CT molecular complexity index is 76.6. The van der Waals surface area contributed by atoms with Gasteiger partial charge in [0, 0.05) is 7.11 Å². The zero-order chi connectivity index (χ0) is 6.41. The number of rotatable bonds is 3. The minimum atomic E-state index is 0.647. The zero-order valence-corrected chi connectivity index (χ0v) is 5.60. The molecule has 0 unspecified atom stereocenters. The van der Waals surface area contributed by atoms with Gasteiger partial charge in [-0.25, -0.2) is 0 Å². The van der Waals surface area contributed by atoms with Crippen LogP contribution in [0.3, 0.4) is 0 Å². The van der Waals surface area contributed by atoms with Gasteiger partial charge in [-0.1, -0.05) is 0 Å². The van der Waals surface area contributed by atoms with Crippen LogP contribution in [-0.4, -0.2) is 20.8 Å². The topological polar surface area (TPSA) is 18.5 Å². The summed E-state index contributed by atoms with van der Waals surface area (Å²) in [6, 6.07) is 0. The van der Waals surface area contributed by atoms with E-state index in [-0.39, 0.29) is 0 Å². The van der Waals surface area contributed by atoms with E-state index in [9.17, 15) is 0 Å². The first-order chi connectivity index (χ1) is 3.81. The van der Waals surface area contributed by atoms with Crippen molar-refractivity contribution >= 4 is 0 Å². The van der Waals surface area contributed by atoms with Crippen molar-refractivity contribution in [2.75, 3.05) is 20.8 Å². The Kier molecular flexibility index (Phi) is 4.36. The van der Waals surface area contributed by atoms with Crippen molar-refractivity contribution in [2.24, 2.45) is 0 Å². The second kappa shape index (κ2) is 4.65. The maximum absolute atomic E-state index is 4.81.